The van der Waals surface area contributed by atoms with Crippen LogP contribution in [0.4, 0.5) is 0 Å². The van der Waals surface area contributed by atoms with Gasteiger partial charge in [0, 0.05) is 48.0 Å². The van der Waals surface area contributed by atoms with Crippen LogP contribution in [0.25, 0.3) is 0 Å². The van der Waals surface area contributed by atoms with Crippen LogP contribution in [0.3, 0.4) is 0 Å². The van der Waals surface area contributed by atoms with Crippen LogP contribution in [0.15, 0.2) is 0 Å². The van der Waals surface area contributed by atoms with Crippen molar-refractivity contribution in [2.45, 2.75) is 125 Å². The van der Waals surface area contributed by atoms with Gasteiger partial charge in [0.2, 0.25) is 0 Å². The number of ketones is 1. The van der Waals surface area contributed by atoms with Crippen molar-refractivity contribution in [2.24, 2.45) is 39.9 Å². The third kappa shape index (κ3) is 24.7. The van der Waals surface area contributed by atoms with Crippen molar-refractivity contribution in [3.8, 4) is 0 Å². The molecule has 7 heteroatoms. The second-order valence-corrected chi connectivity index (χ2v) is 16.5. The van der Waals surface area contributed by atoms with Crippen LogP contribution in [0, 0.1) is 51.8 Å². The number of carbonyl (C=O) groups is 1. The summed E-state index contributed by atoms with van der Waals surface area (Å²) in [6.45, 7) is 39.8. The zero-order valence-corrected chi connectivity index (χ0v) is 40.0. The second kappa shape index (κ2) is 25.0. The van der Waals surface area contributed by atoms with Gasteiger partial charge in [-0.1, -0.05) is 88.0 Å². The van der Waals surface area contributed by atoms with Crippen LogP contribution >= 0.6 is 0 Å². The molecule has 0 aliphatic rings. The fourth-order valence-electron chi connectivity index (χ4n) is 3.26. The van der Waals surface area contributed by atoms with E-state index in [1.54, 1.807) is 12.8 Å². The number of hydrogen-bond acceptors (Lipinski definition) is 3. The zero-order chi connectivity index (χ0) is 32.9. The number of hydrogen-bond donors (Lipinski definition) is 0. The molecule has 0 radical (unpaired) electrons. The Kier molecular flexibility index (Phi) is 33.7. The Morgan fingerprint density at radius 1 is 0.585 bits per heavy atom. The quantitative estimate of drug-likeness (QED) is 0.216. The van der Waals surface area contributed by atoms with Crippen LogP contribution < -0.4 is 0 Å². The third-order valence-electron chi connectivity index (χ3n) is 9.66. The molecule has 0 aromatic heterocycles. The van der Waals surface area contributed by atoms with Crippen molar-refractivity contribution in [1.82, 2.24) is 9.80 Å². The minimum atomic E-state index is 0. The molecule has 3 nitrogen and oxygen atoms in total. The smallest absolute Gasteiger partial charge is 0 e. The van der Waals surface area contributed by atoms with Crippen molar-refractivity contribution in [3.63, 3.8) is 0 Å². The molecule has 0 bridgehead atoms. The minimum absolute atomic E-state index is 0. The van der Waals surface area contributed by atoms with Crippen molar-refractivity contribution >= 4 is 14.5 Å². The largest absolute Gasteiger partial charge is 0 e. The van der Waals surface area contributed by atoms with E-state index in [9.17, 15) is 4.79 Å². The Hall–Kier alpha value is 1.88. The molecule has 0 spiro atoms. The summed E-state index contributed by atoms with van der Waals surface area (Å²) in [6.07, 6.45) is 0. The predicted octanol–water partition coefficient (Wildman–Crippen LogP) is 8.92. The van der Waals surface area contributed by atoms with Crippen molar-refractivity contribution in [3.05, 3.63) is 11.8 Å². The van der Waals surface area contributed by atoms with Gasteiger partial charge in [-0.2, -0.15) is 38.5 Å². The van der Waals surface area contributed by atoms with Gasteiger partial charge in [-0.15, -0.1) is 0 Å². The summed E-state index contributed by atoms with van der Waals surface area (Å²) in [6, 6.07) is 0. The first-order valence-corrected chi connectivity index (χ1v) is 15.9. The van der Waals surface area contributed by atoms with Crippen LogP contribution in [0.1, 0.15) is 125 Å². The fourth-order valence-corrected chi connectivity index (χ4v) is 3.26. The summed E-state index contributed by atoms with van der Waals surface area (Å²) < 4.78 is 2.56. The number of carbonyl (C=O) groups excluding carboxylic acids is 1. The van der Waals surface area contributed by atoms with E-state index in [0.717, 1.165) is 11.8 Å². The van der Waals surface area contributed by atoms with Crippen LogP contribution in [-0.2, 0) is 80.9 Å². The van der Waals surface area contributed by atoms with E-state index in [1.165, 1.54) is 14.6 Å². The summed E-state index contributed by atoms with van der Waals surface area (Å²) in [5, 5.41) is 0. The second-order valence-electron chi connectivity index (χ2n) is 14.5. The van der Waals surface area contributed by atoms with Gasteiger partial charge in [0.25, 0.3) is 0 Å². The Morgan fingerprint density at radius 3 is 0.951 bits per heavy atom. The van der Waals surface area contributed by atoms with Crippen LogP contribution in [0.5, 0.6) is 0 Å². The summed E-state index contributed by atoms with van der Waals surface area (Å²) in [5.74, 6) is 5.27. The molecule has 4 atom stereocenters. The Balaban J connectivity index is -0.000000105. The van der Waals surface area contributed by atoms with E-state index >= 15 is 0 Å². The molecule has 0 aromatic carbocycles. The van der Waals surface area contributed by atoms with Gasteiger partial charge >= 0.3 is 94.5 Å². The van der Waals surface area contributed by atoms with Gasteiger partial charge in [0.15, 0.2) is 0 Å². The molecular formula is C34H70N2OV2W2-2. The summed E-state index contributed by atoms with van der Waals surface area (Å²) in [7, 11) is 8.09. The molecule has 0 N–H and O–H groups in total. The number of rotatable bonds is 9. The molecule has 0 aromatic rings. The summed E-state index contributed by atoms with van der Waals surface area (Å²) in [5.41, 5.74) is 0.921. The molecule has 0 saturated carbocycles. The first-order chi connectivity index (χ1) is 17.0. The van der Waals surface area contributed by atoms with Gasteiger partial charge in [0.1, 0.15) is 5.78 Å². The molecule has 0 heterocycles. The van der Waals surface area contributed by atoms with Gasteiger partial charge < -0.3 is 11.8 Å². The molecule has 0 amide bonds. The maximum atomic E-state index is 11.2. The van der Waals surface area contributed by atoms with E-state index in [2.05, 4.69) is 155 Å². The molecule has 0 rings (SSSR count). The molecule has 0 aliphatic heterocycles. The average molecular weight is 993 g/mol. The first-order valence-electron chi connectivity index (χ1n) is 14.5. The maximum Gasteiger partial charge on any atom is 0 e. The van der Waals surface area contributed by atoms with E-state index in [1.807, 2.05) is 35.1 Å². The fraction of sp³-hybridized carbons (Fsp3) is 0.853. The van der Waals surface area contributed by atoms with Gasteiger partial charge in [-0.3, -0.25) is 4.79 Å². The maximum absolute atomic E-state index is 11.2. The first kappa shape index (κ1) is 55.3. The van der Waals surface area contributed by atoms with Gasteiger partial charge in [-0.05, 0) is 18.3 Å². The Morgan fingerprint density at radius 2 is 0.805 bits per heavy atom. The molecule has 246 valence electrons. The van der Waals surface area contributed by atoms with E-state index in [-0.39, 0.29) is 53.5 Å². The average Bonchev–Trinajstić information content (AvgIpc) is 2.76. The Bertz CT molecular complexity index is 694. The monoisotopic (exact) mass is 992 g/mol. The summed E-state index contributed by atoms with van der Waals surface area (Å²) >= 11 is 4.97. The normalized spacial score (nSPS) is 14.4. The third-order valence-corrected chi connectivity index (χ3v) is 10.9. The molecular weight excluding hydrogens is 922 g/mol. The Labute approximate surface area is 307 Å². The van der Waals surface area contributed by atoms with Gasteiger partial charge in [-0.25, -0.2) is 0 Å². The molecule has 0 aliphatic carbocycles. The zero-order valence-electron chi connectivity index (χ0n) is 31.3. The molecule has 41 heavy (non-hydrogen) atoms. The van der Waals surface area contributed by atoms with Gasteiger partial charge in [0.05, 0.1) is 0 Å². The molecule has 0 saturated heterocycles. The van der Waals surface area contributed by atoms with Crippen LogP contribution in [0.2, 0.25) is 0 Å². The number of Topliss-reactive ketones (excluding diaryl/α,β-unsaturated/α-hetero) is 1. The molecule has 0 fully saturated rings. The molecule has 2 unspecified atom stereocenters. The predicted molar refractivity (Wildman–Crippen MR) is 172 cm³/mol. The number of nitrogens with zero attached hydrogens (tertiary/aromatic N) is 2. The topological polar surface area (TPSA) is 23.6 Å². The van der Waals surface area contributed by atoms with E-state index in [4.69, 9.17) is 0 Å². The SMILES string of the molecule is CC(=O)[C@@H](C)C(C)C(C)(C)[C-](C)C.C[C-](C)C(C)(C)C(C)[C@H](C)C(C)(C)C.C[C](=[V])N(C)C.C[C](=[V])N(C)C.[W].[W]. The van der Waals surface area contributed by atoms with Crippen molar-refractivity contribution in [1.29, 1.82) is 0 Å². The minimum Gasteiger partial charge on any atom is 0 e. The summed E-state index contributed by atoms with van der Waals surface area (Å²) in [4.78, 5) is 15.4. The van der Waals surface area contributed by atoms with E-state index < -0.39 is 0 Å². The van der Waals surface area contributed by atoms with Crippen molar-refractivity contribution in [2.75, 3.05) is 28.2 Å². The van der Waals surface area contributed by atoms with E-state index in [0.29, 0.717) is 22.5 Å². The van der Waals surface area contributed by atoms with Crippen LogP contribution in [-0.4, -0.2) is 52.5 Å². The standard InChI is InChI=1S/C14H29.C12H23O.2C4H9N.2V.2W/c1-10(2)14(8,9)12(4)11(3)13(5,6)7;1-8(2)12(6,7)10(4)9(3)11(5)13;2*1-4-5(2)3;;;;/h11-12H,1-9H3;9-10H,1-7H3;2*1-3H3;;;;/q2*-1;;;;;;/t11-,12?;9-,10?;;;;;;/m00....../s1. The van der Waals surface area contributed by atoms with Crippen molar-refractivity contribution < 1.29 is 80.9 Å².